The number of hydrogen-bond acceptors (Lipinski definition) is 2. The maximum Gasteiger partial charge on any atom is 0.00947 e. The maximum absolute atomic E-state index is 3.53. The molecule has 2 atom stereocenters. The predicted molar refractivity (Wildman–Crippen MR) is 81.0 cm³/mol. The lowest BCUT2D eigenvalue weighted by Gasteiger charge is -2.34. The third-order valence-corrected chi connectivity index (χ3v) is 4.20. The van der Waals surface area contributed by atoms with E-state index < -0.39 is 0 Å². The van der Waals surface area contributed by atoms with Crippen LogP contribution in [-0.2, 0) is 0 Å². The lowest BCUT2D eigenvalue weighted by atomic mass is 9.86. The molecule has 1 aliphatic rings. The molecule has 1 saturated carbocycles. The topological polar surface area (TPSA) is 15.3 Å². The molecule has 0 aromatic carbocycles. The van der Waals surface area contributed by atoms with Crippen LogP contribution in [0.4, 0.5) is 0 Å². The summed E-state index contributed by atoms with van der Waals surface area (Å²) >= 11 is 0. The number of rotatable bonds is 8. The highest BCUT2D eigenvalue weighted by Crippen LogP contribution is 2.26. The van der Waals surface area contributed by atoms with E-state index in [-0.39, 0.29) is 0 Å². The molecule has 0 bridgehead atoms. The van der Waals surface area contributed by atoms with Gasteiger partial charge in [-0.25, -0.2) is 0 Å². The molecule has 0 aliphatic heterocycles. The van der Waals surface area contributed by atoms with Gasteiger partial charge in [-0.2, -0.15) is 0 Å². The lowest BCUT2D eigenvalue weighted by Crippen LogP contribution is -2.36. The summed E-state index contributed by atoms with van der Waals surface area (Å²) in [6.07, 6.45) is 8.38. The van der Waals surface area contributed by atoms with Crippen LogP contribution < -0.4 is 5.32 Å². The Kier molecular flexibility index (Phi) is 7.92. The van der Waals surface area contributed by atoms with E-state index in [1.165, 1.54) is 51.6 Å². The van der Waals surface area contributed by atoms with Gasteiger partial charge in [-0.1, -0.05) is 33.6 Å². The van der Waals surface area contributed by atoms with Crippen molar-refractivity contribution in [2.75, 3.05) is 26.7 Å². The fourth-order valence-electron chi connectivity index (χ4n) is 2.99. The summed E-state index contributed by atoms with van der Waals surface area (Å²) in [7, 11) is 2.32. The molecular weight excluding hydrogens is 220 g/mol. The number of nitrogens with zero attached hydrogens (tertiary/aromatic N) is 1. The Bertz CT molecular complexity index is 203. The highest BCUT2D eigenvalue weighted by molar-refractivity contribution is 4.77. The molecule has 1 fully saturated rings. The highest BCUT2D eigenvalue weighted by atomic mass is 15.1. The molecule has 0 heterocycles. The molecule has 0 saturated heterocycles. The summed E-state index contributed by atoms with van der Waals surface area (Å²) in [5.74, 6) is 1.72. The lowest BCUT2D eigenvalue weighted by molar-refractivity contribution is 0.162. The summed E-state index contributed by atoms with van der Waals surface area (Å²) in [4.78, 5) is 2.61. The van der Waals surface area contributed by atoms with Gasteiger partial charge in [0.25, 0.3) is 0 Å². The van der Waals surface area contributed by atoms with Crippen LogP contribution in [0, 0.1) is 11.8 Å². The summed E-state index contributed by atoms with van der Waals surface area (Å²) in [6.45, 7) is 10.6. The largest absolute Gasteiger partial charge is 0.316 e. The summed E-state index contributed by atoms with van der Waals surface area (Å²) in [5.41, 5.74) is 0. The van der Waals surface area contributed by atoms with Crippen LogP contribution >= 0.6 is 0 Å². The molecule has 2 nitrogen and oxygen atoms in total. The van der Waals surface area contributed by atoms with Gasteiger partial charge in [-0.05, 0) is 64.2 Å². The second-order valence-electron chi connectivity index (χ2n) is 6.71. The highest BCUT2D eigenvalue weighted by Gasteiger charge is 2.21. The Balaban J connectivity index is 2.00. The maximum atomic E-state index is 3.53. The molecule has 1 rings (SSSR count). The van der Waals surface area contributed by atoms with Crippen LogP contribution in [0.1, 0.15) is 59.3 Å². The van der Waals surface area contributed by atoms with E-state index in [0.29, 0.717) is 0 Å². The molecule has 2 heteroatoms. The van der Waals surface area contributed by atoms with Gasteiger partial charge in [-0.15, -0.1) is 0 Å². The molecule has 108 valence electrons. The molecule has 1 aliphatic carbocycles. The molecule has 1 N–H and O–H groups in total. The van der Waals surface area contributed by atoms with E-state index in [1.54, 1.807) is 0 Å². The van der Waals surface area contributed by atoms with Crippen LogP contribution in [0.3, 0.4) is 0 Å². The predicted octanol–water partition coefficient (Wildman–Crippen LogP) is 3.52. The Morgan fingerprint density at radius 1 is 1.22 bits per heavy atom. The van der Waals surface area contributed by atoms with Gasteiger partial charge in [0.1, 0.15) is 0 Å². The smallest absolute Gasteiger partial charge is 0.00947 e. The Labute approximate surface area is 115 Å². The number of unbranched alkanes of at least 4 members (excludes halogenated alkanes) is 1. The van der Waals surface area contributed by atoms with Crippen molar-refractivity contribution >= 4 is 0 Å². The van der Waals surface area contributed by atoms with Crippen molar-refractivity contribution in [3.8, 4) is 0 Å². The van der Waals surface area contributed by atoms with Gasteiger partial charge >= 0.3 is 0 Å². The third-order valence-electron chi connectivity index (χ3n) is 4.20. The normalized spacial score (nSPS) is 25.0. The fourth-order valence-corrected chi connectivity index (χ4v) is 2.99. The Hall–Kier alpha value is -0.0800. The zero-order chi connectivity index (χ0) is 13.4. The SMILES string of the molecule is CC(C)CNCCCCN(C)C1CCCC(C)C1. The van der Waals surface area contributed by atoms with Gasteiger partial charge < -0.3 is 10.2 Å². The summed E-state index contributed by atoms with van der Waals surface area (Å²) < 4.78 is 0. The molecule has 18 heavy (non-hydrogen) atoms. The van der Waals surface area contributed by atoms with Crippen molar-refractivity contribution in [3.63, 3.8) is 0 Å². The molecule has 0 spiro atoms. The van der Waals surface area contributed by atoms with Crippen molar-refractivity contribution in [3.05, 3.63) is 0 Å². The van der Waals surface area contributed by atoms with Crippen molar-refractivity contribution in [2.24, 2.45) is 11.8 Å². The van der Waals surface area contributed by atoms with Gasteiger partial charge in [-0.3, -0.25) is 0 Å². The third kappa shape index (κ3) is 6.75. The zero-order valence-electron chi connectivity index (χ0n) is 13.0. The van der Waals surface area contributed by atoms with Crippen LogP contribution in [0.2, 0.25) is 0 Å². The standard InChI is InChI=1S/C16H34N2/c1-14(2)13-17-10-5-6-11-18(4)16-9-7-8-15(3)12-16/h14-17H,5-13H2,1-4H3. The van der Waals surface area contributed by atoms with E-state index in [9.17, 15) is 0 Å². The van der Waals surface area contributed by atoms with Crippen molar-refractivity contribution in [1.82, 2.24) is 10.2 Å². The summed E-state index contributed by atoms with van der Waals surface area (Å²) in [5, 5.41) is 3.53. The first-order valence-corrected chi connectivity index (χ1v) is 8.00. The molecule has 0 radical (unpaired) electrons. The molecule has 2 unspecified atom stereocenters. The van der Waals surface area contributed by atoms with Crippen LogP contribution in [0.5, 0.6) is 0 Å². The second-order valence-corrected chi connectivity index (χ2v) is 6.71. The Morgan fingerprint density at radius 3 is 2.67 bits per heavy atom. The number of nitrogens with one attached hydrogen (secondary N) is 1. The minimum absolute atomic E-state index is 0.774. The average molecular weight is 254 g/mol. The van der Waals surface area contributed by atoms with Gasteiger partial charge in [0, 0.05) is 6.04 Å². The molecule has 0 aromatic rings. The first-order chi connectivity index (χ1) is 8.59. The van der Waals surface area contributed by atoms with E-state index >= 15 is 0 Å². The average Bonchev–Trinajstić information content (AvgIpc) is 2.33. The first kappa shape index (κ1) is 16.0. The quantitative estimate of drug-likeness (QED) is 0.667. The minimum Gasteiger partial charge on any atom is -0.316 e. The van der Waals surface area contributed by atoms with Gasteiger partial charge in [0.2, 0.25) is 0 Å². The van der Waals surface area contributed by atoms with E-state index in [2.05, 4.69) is 38.0 Å². The van der Waals surface area contributed by atoms with E-state index in [1.807, 2.05) is 0 Å². The van der Waals surface area contributed by atoms with Crippen LogP contribution in [-0.4, -0.2) is 37.6 Å². The monoisotopic (exact) mass is 254 g/mol. The fraction of sp³-hybridized carbons (Fsp3) is 1.00. The van der Waals surface area contributed by atoms with E-state index in [4.69, 9.17) is 0 Å². The second kappa shape index (κ2) is 8.92. The van der Waals surface area contributed by atoms with Crippen molar-refractivity contribution in [1.29, 1.82) is 0 Å². The summed E-state index contributed by atoms with van der Waals surface area (Å²) in [6, 6.07) is 0.859. The Morgan fingerprint density at radius 2 is 2.00 bits per heavy atom. The number of hydrogen-bond donors (Lipinski definition) is 1. The molecule has 0 aromatic heterocycles. The molecular formula is C16H34N2. The zero-order valence-corrected chi connectivity index (χ0v) is 13.0. The van der Waals surface area contributed by atoms with Crippen molar-refractivity contribution < 1.29 is 0 Å². The first-order valence-electron chi connectivity index (χ1n) is 8.00. The van der Waals surface area contributed by atoms with Crippen molar-refractivity contribution in [2.45, 2.75) is 65.3 Å². The van der Waals surface area contributed by atoms with Gasteiger partial charge in [0.05, 0.1) is 0 Å². The minimum atomic E-state index is 0.774. The molecule has 0 amide bonds. The van der Waals surface area contributed by atoms with Crippen LogP contribution in [0.15, 0.2) is 0 Å². The van der Waals surface area contributed by atoms with E-state index in [0.717, 1.165) is 24.4 Å². The van der Waals surface area contributed by atoms with Crippen LogP contribution in [0.25, 0.3) is 0 Å². The van der Waals surface area contributed by atoms with Gasteiger partial charge in [0.15, 0.2) is 0 Å².